The molecule has 0 saturated carbocycles. The summed E-state index contributed by atoms with van der Waals surface area (Å²) in [6.45, 7) is 2.99. The van der Waals surface area contributed by atoms with E-state index in [1.54, 1.807) is 6.92 Å². The Morgan fingerprint density at radius 2 is 1.96 bits per heavy atom. The number of para-hydroxylation sites is 1. The molecule has 2 aromatic carbocycles. The van der Waals surface area contributed by atoms with E-state index < -0.39 is 0 Å². The van der Waals surface area contributed by atoms with Crippen LogP contribution >= 0.6 is 0 Å². The van der Waals surface area contributed by atoms with Crippen molar-refractivity contribution in [3.63, 3.8) is 0 Å². The van der Waals surface area contributed by atoms with Gasteiger partial charge in [-0.05, 0) is 30.2 Å². The zero-order chi connectivity index (χ0) is 16.9. The number of primary amides is 1. The van der Waals surface area contributed by atoms with Gasteiger partial charge in [0.2, 0.25) is 18.4 Å². The number of carbonyl (C=O) groups is 1. The normalized spacial score (nSPS) is 13.5. The van der Waals surface area contributed by atoms with Crippen molar-refractivity contribution in [3.05, 3.63) is 53.6 Å². The zero-order valence-corrected chi connectivity index (χ0v) is 13.5. The highest BCUT2D eigenvalue weighted by Gasteiger charge is 2.18. The van der Waals surface area contributed by atoms with E-state index in [0.717, 1.165) is 11.1 Å². The number of hydrogen-bond donors (Lipinski definition) is 2. The van der Waals surface area contributed by atoms with E-state index in [0.29, 0.717) is 30.4 Å². The van der Waals surface area contributed by atoms with Gasteiger partial charge in [-0.3, -0.25) is 4.79 Å². The first-order valence-corrected chi connectivity index (χ1v) is 7.75. The summed E-state index contributed by atoms with van der Waals surface area (Å²) in [6, 6.07) is 13.2. The molecule has 6 heteroatoms. The maximum Gasteiger partial charge on any atom is 0.234 e. The van der Waals surface area contributed by atoms with Gasteiger partial charge in [0.1, 0.15) is 6.61 Å². The van der Waals surface area contributed by atoms with Gasteiger partial charge in [-0.25, -0.2) is 0 Å². The molecule has 1 heterocycles. The van der Waals surface area contributed by atoms with E-state index in [2.05, 4.69) is 5.32 Å². The van der Waals surface area contributed by atoms with Gasteiger partial charge in [-0.1, -0.05) is 30.3 Å². The van der Waals surface area contributed by atoms with Crippen LogP contribution in [0.2, 0.25) is 0 Å². The highest BCUT2D eigenvalue weighted by molar-refractivity contribution is 5.79. The average Bonchev–Trinajstić information content (AvgIpc) is 3.08. The first kappa shape index (κ1) is 16.1. The van der Waals surface area contributed by atoms with Crippen molar-refractivity contribution in [3.8, 4) is 17.2 Å². The van der Waals surface area contributed by atoms with Crippen molar-refractivity contribution >= 4 is 5.91 Å². The molecule has 0 aromatic heterocycles. The van der Waals surface area contributed by atoms with Crippen LogP contribution in [-0.4, -0.2) is 18.7 Å². The predicted molar refractivity (Wildman–Crippen MR) is 88.8 cm³/mol. The number of nitrogens with one attached hydrogen (secondary N) is 1. The number of ether oxygens (including phenoxy) is 3. The molecule has 24 heavy (non-hydrogen) atoms. The fourth-order valence-corrected chi connectivity index (χ4v) is 2.30. The van der Waals surface area contributed by atoms with E-state index in [1.807, 2.05) is 42.5 Å². The maximum atomic E-state index is 11.0. The largest absolute Gasteiger partial charge is 0.485 e. The Kier molecular flexibility index (Phi) is 4.86. The molecule has 1 amide bonds. The number of fused-ring (bicyclic) bond motifs is 1. The van der Waals surface area contributed by atoms with Crippen LogP contribution in [0, 0.1) is 0 Å². The summed E-state index contributed by atoms with van der Waals surface area (Å²) >= 11 is 0. The van der Waals surface area contributed by atoms with Crippen molar-refractivity contribution in [2.45, 2.75) is 26.1 Å². The van der Waals surface area contributed by atoms with Crippen LogP contribution in [-0.2, 0) is 17.9 Å². The molecule has 0 unspecified atom stereocenters. The van der Waals surface area contributed by atoms with Crippen molar-refractivity contribution in [1.29, 1.82) is 0 Å². The minimum Gasteiger partial charge on any atom is -0.485 e. The van der Waals surface area contributed by atoms with Crippen LogP contribution in [0.4, 0.5) is 0 Å². The van der Waals surface area contributed by atoms with Gasteiger partial charge in [0.15, 0.2) is 11.5 Å². The van der Waals surface area contributed by atoms with Gasteiger partial charge in [0.05, 0.1) is 6.04 Å². The number of carbonyl (C=O) groups excluding carboxylic acids is 1. The quantitative estimate of drug-likeness (QED) is 0.812. The number of hydrogen-bond acceptors (Lipinski definition) is 5. The molecule has 3 rings (SSSR count). The average molecular weight is 328 g/mol. The molecule has 0 radical (unpaired) electrons. The van der Waals surface area contributed by atoms with Crippen molar-refractivity contribution in [2.75, 3.05) is 6.79 Å². The third-order valence-electron chi connectivity index (χ3n) is 3.82. The first-order chi connectivity index (χ1) is 11.6. The van der Waals surface area contributed by atoms with E-state index in [1.165, 1.54) is 0 Å². The fourth-order valence-electron chi connectivity index (χ4n) is 2.30. The molecule has 3 N–H and O–H groups in total. The number of nitrogens with two attached hydrogens (primary N) is 1. The number of amides is 1. The minimum absolute atomic E-state index is 0.223. The smallest absolute Gasteiger partial charge is 0.234 e. The molecule has 1 aliphatic rings. The minimum atomic E-state index is -0.360. The molecule has 0 bridgehead atoms. The van der Waals surface area contributed by atoms with Crippen LogP contribution in [0.1, 0.15) is 18.1 Å². The summed E-state index contributed by atoms with van der Waals surface area (Å²) in [6.07, 6.45) is 0. The molecule has 1 atom stereocenters. The monoisotopic (exact) mass is 328 g/mol. The van der Waals surface area contributed by atoms with Crippen molar-refractivity contribution in [1.82, 2.24) is 5.32 Å². The molecule has 1 aliphatic heterocycles. The van der Waals surface area contributed by atoms with Crippen LogP contribution in [0.5, 0.6) is 17.2 Å². The lowest BCUT2D eigenvalue weighted by molar-refractivity contribution is -0.119. The van der Waals surface area contributed by atoms with Crippen LogP contribution in [0.3, 0.4) is 0 Å². The summed E-state index contributed by atoms with van der Waals surface area (Å²) in [5.74, 6) is 1.67. The Bertz CT molecular complexity index is 715. The molecule has 0 spiro atoms. The molecule has 0 saturated heterocycles. The molecule has 0 fully saturated rings. The van der Waals surface area contributed by atoms with Gasteiger partial charge in [0.25, 0.3) is 0 Å². The fraction of sp³-hybridized carbons (Fsp3) is 0.278. The zero-order valence-electron chi connectivity index (χ0n) is 13.5. The summed E-state index contributed by atoms with van der Waals surface area (Å²) in [4.78, 5) is 11.0. The Hall–Kier alpha value is -2.73. The maximum absolute atomic E-state index is 11.0. The molecular formula is C18H20N2O4. The second-order valence-electron chi connectivity index (χ2n) is 5.60. The topological polar surface area (TPSA) is 82.8 Å². The molecule has 2 aromatic rings. The Labute approximate surface area is 140 Å². The van der Waals surface area contributed by atoms with Gasteiger partial charge in [0, 0.05) is 6.54 Å². The number of benzene rings is 2. The number of rotatable bonds is 7. The summed E-state index contributed by atoms with van der Waals surface area (Å²) < 4.78 is 16.6. The van der Waals surface area contributed by atoms with Crippen LogP contribution in [0.25, 0.3) is 0 Å². The Balaban J connectivity index is 1.55. The van der Waals surface area contributed by atoms with Gasteiger partial charge >= 0.3 is 0 Å². The Morgan fingerprint density at radius 3 is 2.71 bits per heavy atom. The van der Waals surface area contributed by atoms with Crippen LogP contribution in [0.15, 0.2) is 42.5 Å². The van der Waals surface area contributed by atoms with Gasteiger partial charge in [-0.15, -0.1) is 0 Å². The van der Waals surface area contributed by atoms with Crippen molar-refractivity contribution < 1.29 is 19.0 Å². The van der Waals surface area contributed by atoms with E-state index in [-0.39, 0.29) is 18.7 Å². The molecule has 6 nitrogen and oxygen atoms in total. The predicted octanol–water partition coefficient (Wildman–Crippen LogP) is 1.96. The lowest BCUT2D eigenvalue weighted by Crippen LogP contribution is -2.38. The lowest BCUT2D eigenvalue weighted by Gasteiger charge is -2.11. The molecular weight excluding hydrogens is 308 g/mol. The summed E-state index contributed by atoms with van der Waals surface area (Å²) in [5.41, 5.74) is 7.33. The molecule has 0 aliphatic carbocycles. The Morgan fingerprint density at radius 1 is 1.21 bits per heavy atom. The third-order valence-corrected chi connectivity index (χ3v) is 3.82. The lowest BCUT2D eigenvalue weighted by atomic mass is 10.1. The third kappa shape index (κ3) is 3.78. The van der Waals surface area contributed by atoms with E-state index in [4.69, 9.17) is 19.9 Å². The standard InChI is InChI=1S/C18H20N2O4/c1-12(18(19)21)20-9-13-5-7-14(8-6-13)10-22-15-3-2-4-16-17(15)24-11-23-16/h2-8,12,20H,9-11H2,1H3,(H2,19,21)/t12-/m0/s1. The first-order valence-electron chi connectivity index (χ1n) is 7.75. The SMILES string of the molecule is C[C@H](NCc1ccc(COc2cccc3c2OCO3)cc1)C(N)=O. The van der Waals surface area contributed by atoms with E-state index >= 15 is 0 Å². The second-order valence-corrected chi connectivity index (χ2v) is 5.60. The van der Waals surface area contributed by atoms with E-state index in [9.17, 15) is 4.79 Å². The molecule has 126 valence electrons. The summed E-state index contributed by atoms with van der Waals surface area (Å²) in [5, 5.41) is 3.07. The van der Waals surface area contributed by atoms with Gasteiger partial charge < -0.3 is 25.3 Å². The van der Waals surface area contributed by atoms with Crippen molar-refractivity contribution in [2.24, 2.45) is 5.73 Å². The van der Waals surface area contributed by atoms with Gasteiger partial charge in [-0.2, -0.15) is 0 Å². The highest BCUT2D eigenvalue weighted by Crippen LogP contribution is 2.40. The van der Waals surface area contributed by atoms with Crippen LogP contribution < -0.4 is 25.3 Å². The summed E-state index contributed by atoms with van der Waals surface area (Å²) in [7, 11) is 0. The highest BCUT2D eigenvalue weighted by atomic mass is 16.7. The second kappa shape index (κ2) is 7.23.